The van der Waals surface area contributed by atoms with Gasteiger partial charge in [-0.25, -0.2) is 4.79 Å². The number of alkyl carbamates (subject to hydrolysis) is 1. The largest absolute Gasteiger partial charge is 0.481 e. The van der Waals surface area contributed by atoms with Gasteiger partial charge in [0.05, 0.1) is 0 Å². The van der Waals surface area contributed by atoms with Crippen LogP contribution in [-0.4, -0.2) is 35.4 Å². The number of azide groups is 1. The van der Waals surface area contributed by atoms with E-state index in [1.54, 1.807) is 20.8 Å². The molecule has 0 aliphatic carbocycles. The summed E-state index contributed by atoms with van der Waals surface area (Å²) >= 11 is 0. The molecule has 0 unspecified atom stereocenters. The molecular weight excluding hydrogens is 240 g/mol. The first-order chi connectivity index (χ1) is 8.24. The van der Waals surface area contributed by atoms with Gasteiger partial charge in [0.1, 0.15) is 5.60 Å². The van der Waals surface area contributed by atoms with E-state index in [1.807, 2.05) is 0 Å². The molecule has 8 nitrogen and oxygen atoms in total. The molecule has 8 heteroatoms. The number of carbonyl (C=O) groups excluding carboxylic acids is 1. The highest BCUT2D eigenvalue weighted by atomic mass is 16.6. The zero-order valence-corrected chi connectivity index (χ0v) is 10.7. The number of carbonyl (C=O) groups is 2. The van der Waals surface area contributed by atoms with Gasteiger partial charge in [-0.3, -0.25) is 4.79 Å². The lowest BCUT2D eigenvalue weighted by Gasteiger charge is -2.22. The van der Waals surface area contributed by atoms with E-state index in [9.17, 15) is 9.59 Å². The Labute approximate surface area is 105 Å². The van der Waals surface area contributed by atoms with Gasteiger partial charge in [-0.05, 0) is 32.7 Å². The zero-order valence-electron chi connectivity index (χ0n) is 10.7. The molecule has 0 rings (SSSR count). The van der Waals surface area contributed by atoms with Gasteiger partial charge in [0.15, 0.2) is 0 Å². The molecule has 0 aromatic rings. The Kier molecular flexibility index (Phi) is 6.59. The summed E-state index contributed by atoms with van der Waals surface area (Å²) in [5.41, 5.74) is 7.57. The number of rotatable bonds is 6. The van der Waals surface area contributed by atoms with Crippen LogP contribution in [0.25, 0.3) is 10.4 Å². The molecule has 1 amide bonds. The lowest BCUT2D eigenvalue weighted by atomic mass is 10.1. The number of aliphatic carboxylic acids is 1. The van der Waals surface area contributed by atoms with Crippen molar-refractivity contribution in [2.75, 3.05) is 6.54 Å². The van der Waals surface area contributed by atoms with E-state index in [0.717, 1.165) is 0 Å². The molecule has 0 spiro atoms. The molecule has 0 aliphatic rings. The molecule has 0 aromatic heterocycles. The smallest absolute Gasteiger partial charge is 0.407 e. The number of amides is 1. The molecule has 102 valence electrons. The first-order valence-corrected chi connectivity index (χ1v) is 5.47. The monoisotopic (exact) mass is 258 g/mol. The quantitative estimate of drug-likeness (QED) is 0.429. The molecule has 0 aliphatic heterocycles. The molecule has 0 aromatic carbocycles. The highest BCUT2D eigenvalue weighted by Crippen LogP contribution is 2.08. The van der Waals surface area contributed by atoms with Crippen LogP contribution in [0.15, 0.2) is 5.11 Å². The standard InChI is InChI=1S/C10H18N4O4/c1-10(2,3)18-9(17)13-7(6-12-14-11)4-5-8(15)16/h7H,4-6H2,1-3H3,(H,13,17)(H,15,16)/t7-/m0/s1. The average molecular weight is 258 g/mol. The topological polar surface area (TPSA) is 124 Å². The summed E-state index contributed by atoms with van der Waals surface area (Å²) in [6.07, 6.45) is -0.610. The summed E-state index contributed by atoms with van der Waals surface area (Å²) < 4.78 is 5.02. The normalized spacial score (nSPS) is 12.2. The van der Waals surface area contributed by atoms with E-state index in [1.165, 1.54) is 0 Å². The lowest BCUT2D eigenvalue weighted by Crippen LogP contribution is -2.40. The summed E-state index contributed by atoms with van der Waals surface area (Å²) in [4.78, 5) is 24.5. The Hall–Kier alpha value is -1.95. The maximum absolute atomic E-state index is 11.5. The minimum Gasteiger partial charge on any atom is -0.481 e. The van der Waals surface area contributed by atoms with Crippen LogP contribution >= 0.6 is 0 Å². The Bertz CT molecular complexity index is 344. The van der Waals surface area contributed by atoms with Crippen molar-refractivity contribution in [1.82, 2.24) is 5.32 Å². The van der Waals surface area contributed by atoms with Crippen molar-refractivity contribution in [1.29, 1.82) is 0 Å². The fraction of sp³-hybridized carbons (Fsp3) is 0.800. The van der Waals surface area contributed by atoms with Crippen molar-refractivity contribution in [2.24, 2.45) is 5.11 Å². The molecule has 0 heterocycles. The third-order valence-electron chi connectivity index (χ3n) is 1.79. The number of carboxylic acid groups (broad SMARTS) is 1. The second kappa shape index (κ2) is 7.39. The van der Waals surface area contributed by atoms with Crippen LogP contribution in [-0.2, 0) is 9.53 Å². The van der Waals surface area contributed by atoms with Crippen molar-refractivity contribution in [2.45, 2.75) is 45.3 Å². The van der Waals surface area contributed by atoms with Crippen molar-refractivity contribution < 1.29 is 19.4 Å². The van der Waals surface area contributed by atoms with Crippen LogP contribution < -0.4 is 5.32 Å². The van der Waals surface area contributed by atoms with Crippen LogP contribution in [0.3, 0.4) is 0 Å². The van der Waals surface area contributed by atoms with Crippen LogP contribution in [0.2, 0.25) is 0 Å². The van der Waals surface area contributed by atoms with E-state index < -0.39 is 23.7 Å². The predicted molar refractivity (Wildman–Crippen MR) is 64.0 cm³/mol. The maximum atomic E-state index is 11.5. The summed E-state index contributed by atoms with van der Waals surface area (Å²) in [7, 11) is 0. The summed E-state index contributed by atoms with van der Waals surface area (Å²) in [5.74, 6) is -0.980. The van der Waals surface area contributed by atoms with Crippen molar-refractivity contribution in [3.8, 4) is 0 Å². The van der Waals surface area contributed by atoms with Crippen molar-refractivity contribution in [3.05, 3.63) is 10.4 Å². The third-order valence-corrected chi connectivity index (χ3v) is 1.79. The van der Waals surface area contributed by atoms with Gasteiger partial charge in [0.25, 0.3) is 0 Å². The van der Waals surface area contributed by atoms with Crippen molar-refractivity contribution in [3.63, 3.8) is 0 Å². The van der Waals surface area contributed by atoms with Gasteiger partial charge in [-0.1, -0.05) is 5.11 Å². The molecule has 18 heavy (non-hydrogen) atoms. The minimum atomic E-state index is -0.980. The van der Waals surface area contributed by atoms with Crippen molar-refractivity contribution >= 4 is 12.1 Å². The van der Waals surface area contributed by atoms with E-state index in [0.29, 0.717) is 0 Å². The SMILES string of the molecule is CC(C)(C)OC(=O)N[C@@H](CCC(=O)O)CN=[N+]=[N-]. The highest BCUT2D eigenvalue weighted by molar-refractivity contribution is 5.69. The van der Waals surface area contributed by atoms with Crippen LogP contribution in [0.5, 0.6) is 0 Å². The molecular formula is C10H18N4O4. The Morgan fingerprint density at radius 1 is 1.50 bits per heavy atom. The Morgan fingerprint density at radius 3 is 2.56 bits per heavy atom. The van der Waals surface area contributed by atoms with Gasteiger partial charge >= 0.3 is 12.1 Å². The van der Waals surface area contributed by atoms with Crippen LogP contribution in [0.1, 0.15) is 33.6 Å². The van der Waals surface area contributed by atoms with E-state index >= 15 is 0 Å². The Balaban J connectivity index is 4.33. The second-order valence-corrected chi connectivity index (χ2v) is 4.69. The van der Waals surface area contributed by atoms with E-state index in [2.05, 4.69) is 15.3 Å². The molecule has 0 saturated heterocycles. The summed E-state index contributed by atoms with van der Waals surface area (Å²) in [5, 5.41) is 14.4. The first kappa shape index (κ1) is 16.1. The molecule has 0 bridgehead atoms. The van der Waals surface area contributed by atoms with Gasteiger partial charge in [0, 0.05) is 23.9 Å². The van der Waals surface area contributed by atoms with E-state index in [-0.39, 0.29) is 19.4 Å². The number of ether oxygens (including phenoxy) is 1. The average Bonchev–Trinajstić information content (AvgIpc) is 2.19. The number of hydrogen-bond acceptors (Lipinski definition) is 4. The molecule has 0 saturated carbocycles. The molecule has 0 radical (unpaired) electrons. The van der Waals surface area contributed by atoms with E-state index in [4.69, 9.17) is 15.4 Å². The summed E-state index contributed by atoms with van der Waals surface area (Å²) in [6.45, 7) is 5.13. The van der Waals surface area contributed by atoms with Gasteiger partial charge in [-0.15, -0.1) is 0 Å². The van der Waals surface area contributed by atoms with Gasteiger partial charge in [0.2, 0.25) is 0 Å². The Morgan fingerprint density at radius 2 is 2.11 bits per heavy atom. The predicted octanol–water partition coefficient (Wildman–Crippen LogP) is 2.05. The second-order valence-electron chi connectivity index (χ2n) is 4.69. The number of carboxylic acids is 1. The molecule has 2 N–H and O–H groups in total. The maximum Gasteiger partial charge on any atom is 0.407 e. The number of hydrogen-bond donors (Lipinski definition) is 2. The fourth-order valence-corrected chi connectivity index (χ4v) is 1.12. The minimum absolute atomic E-state index is 0.0109. The van der Waals surface area contributed by atoms with Gasteiger partial charge < -0.3 is 15.2 Å². The fourth-order valence-electron chi connectivity index (χ4n) is 1.12. The lowest BCUT2D eigenvalue weighted by molar-refractivity contribution is -0.137. The van der Waals surface area contributed by atoms with Gasteiger partial charge in [-0.2, -0.15) is 0 Å². The third kappa shape index (κ3) is 9.29. The summed E-state index contributed by atoms with van der Waals surface area (Å²) in [6, 6.07) is -0.549. The zero-order chi connectivity index (χ0) is 14.2. The van der Waals surface area contributed by atoms with Crippen LogP contribution in [0, 0.1) is 0 Å². The number of nitrogens with one attached hydrogen (secondary N) is 1. The first-order valence-electron chi connectivity index (χ1n) is 5.47. The van der Waals surface area contributed by atoms with Crippen LogP contribution in [0.4, 0.5) is 4.79 Å². The number of nitrogens with zero attached hydrogens (tertiary/aromatic N) is 3. The molecule has 0 fully saturated rings. The highest BCUT2D eigenvalue weighted by Gasteiger charge is 2.19. The molecule has 1 atom stereocenters.